The van der Waals surface area contributed by atoms with Crippen molar-refractivity contribution in [3.05, 3.63) is 101 Å². The summed E-state index contributed by atoms with van der Waals surface area (Å²) in [4.78, 5) is 72.1. The normalized spacial score (nSPS) is 21.7. The van der Waals surface area contributed by atoms with Crippen LogP contribution in [0.15, 0.2) is 78.9 Å². The molecule has 242 valence electrons. The summed E-state index contributed by atoms with van der Waals surface area (Å²) in [7, 11) is 0. The van der Waals surface area contributed by atoms with Gasteiger partial charge >= 0.3 is 23.9 Å². The smallest absolute Gasteiger partial charge is 0.321 e. The zero-order valence-electron chi connectivity index (χ0n) is 25.6. The fourth-order valence-corrected chi connectivity index (χ4v) is 6.37. The van der Waals surface area contributed by atoms with Crippen LogP contribution < -0.4 is 9.62 Å². The van der Waals surface area contributed by atoms with Gasteiger partial charge in [0.15, 0.2) is 11.5 Å². The quantitative estimate of drug-likeness (QED) is 0.0400. The lowest BCUT2D eigenvalue weighted by molar-refractivity contribution is -0.207. The summed E-state index contributed by atoms with van der Waals surface area (Å²) in [6.45, 7) is 0.885. The lowest BCUT2D eigenvalue weighted by atomic mass is 9.67. The van der Waals surface area contributed by atoms with Gasteiger partial charge in [-0.05, 0) is 78.6 Å². The van der Waals surface area contributed by atoms with Gasteiger partial charge in [-0.3, -0.25) is 24.0 Å². The minimum atomic E-state index is -0.752. The highest BCUT2D eigenvalue weighted by molar-refractivity contribution is 6.06. The number of cyclic esters (lactones) is 4. The molecule has 0 saturated carbocycles. The Morgan fingerprint density at radius 3 is 2.19 bits per heavy atom. The number of esters is 4. The van der Waals surface area contributed by atoms with Crippen LogP contribution >= 0.6 is 0 Å². The van der Waals surface area contributed by atoms with Crippen molar-refractivity contribution in [2.45, 2.75) is 50.4 Å². The molecule has 0 bridgehead atoms. The van der Waals surface area contributed by atoms with Gasteiger partial charge in [-0.15, -0.1) is 0 Å². The largest absolute Gasteiger partial charge is 0.494 e. The molecule has 6 rings (SSSR count). The molecule has 0 N–H and O–H groups in total. The average molecular weight is 639 g/mol. The second kappa shape index (κ2) is 14.6. The molecule has 2 saturated heterocycles. The molecule has 0 spiro atoms. The van der Waals surface area contributed by atoms with Crippen molar-refractivity contribution in [1.82, 2.24) is 0 Å². The first-order chi connectivity index (χ1) is 22.9. The zero-order chi connectivity index (χ0) is 32.8. The highest BCUT2D eigenvalue weighted by Crippen LogP contribution is 2.51. The summed E-state index contributed by atoms with van der Waals surface area (Å²) in [5, 5.41) is 0. The van der Waals surface area contributed by atoms with Gasteiger partial charge in [-0.1, -0.05) is 61.0 Å². The number of ether oxygens (including phenoxy) is 3. The van der Waals surface area contributed by atoms with Crippen LogP contribution in [0.1, 0.15) is 77.4 Å². The van der Waals surface area contributed by atoms with Gasteiger partial charge in [0.1, 0.15) is 5.75 Å². The Morgan fingerprint density at radius 1 is 0.723 bits per heavy atom. The second-order valence-electron chi connectivity index (χ2n) is 11.9. The van der Waals surface area contributed by atoms with E-state index in [1.807, 2.05) is 36.4 Å². The Bertz CT molecular complexity index is 1680. The first kappa shape index (κ1) is 31.9. The molecule has 4 atom stereocenters. The van der Waals surface area contributed by atoms with Crippen LogP contribution in [0, 0.1) is 11.8 Å². The van der Waals surface area contributed by atoms with Gasteiger partial charge in [-0.25, -0.2) is 0 Å². The van der Waals surface area contributed by atoms with E-state index >= 15 is 0 Å². The molecule has 3 aliphatic rings. The number of carbonyl (C=O) groups is 5. The van der Waals surface area contributed by atoms with Crippen molar-refractivity contribution >= 4 is 35.7 Å². The average Bonchev–Trinajstić information content (AvgIpc) is 3.58. The lowest BCUT2D eigenvalue weighted by Crippen LogP contribution is -2.31. The van der Waals surface area contributed by atoms with Crippen molar-refractivity contribution in [2.24, 2.45) is 11.8 Å². The maximum atomic E-state index is 12.6. The molecule has 10 heteroatoms. The molecule has 2 heterocycles. The van der Waals surface area contributed by atoms with Crippen molar-refractivity contribution in [3.8, 4) is 11.5 Å². The first-order valence-corrected chi connectivity index (χ1v) is 15.8. The van der Waals surface area contributed by atoms with Gasteiger partial charge in [0.05, 0.1) is 37.4 Å². The van der Waals surface area contributed by atoms with Crippen molar-refractivity contribution in [1.29, 1.82) is 0 Å². The molecule has 3 aromatic carbocycles. The van der Waals surface area contributed by atoms with Crippen LogP contribution in [-0.2, 0) is 33.5 Å². The summed E-state index contributed by atoms with van der Waals surface area (Å²) < 4.78 is 15.7. The van der Waals surface area contributed by atoms with Crippen LogP contribution in [0.5, 0.6) is 11.5 Å². The third-order valence-electron chi connectivity index (χ3n) is 8.76. The van der Waals surface area contributed by atoms with Gasteiger partial charge < -0.3 is 19.1 Å². The Kier molecular flexibility index (Phi) is 9.87. The molecule has 1 aliphatic carbocycles. The summed E-state index contributed by atoms with van der Waals surface area (Å²) in [6.07, 6.45) is 6.90. The standard InChI is InChI=1S/C37H34O10/c38-32(24-8-4-3-5-9-24)17-12-23-10-13-25(14-11-23)47-44-19-7-2-1-6-18-43-26-15-16-27-28(30-22-33(39)45-35(30)40)21-31-34(29(27)20-26)37(42)46-36(31)41/h3-5,8-17,20,28,30-31,34H,1-2,6-7,18-19,21-22H2/b17-12+. The van der Waals surface area contributed by atoms with E-state index in [1.165, 1.54) is 0 Å². The summed E-state index contributed by atoms with van der Waals surface area (Å²) in [6, 6.07) is 21.7. The van der Waals surface area contributed by atoms with Gasteiger partial charge in [0, 0.05) is 5.56 Å². The van der Waals surface area contributed by atoms with Crippen LogP contribution in [0.4, 0.5) is 0 Å². The molecule has 0 aromatic heterocycles. The van der Waals surface area contributed by atoms with E-state index < -0.39 is 47.5 Å². The number of unbranched alkanes of at least 4 members (excludes halogenated alkanes) is 3. The van der Waals surface area contributed by atoms with Crippen molar-refractivity contribution in [2.75, 3.05) is 13.2 Å². The van der Waals surface area contributed by atoms with Crippen LogP contribution in [0.2, 0.25) is 0 Å². The molecule has 0 radical (unpaired) electrons. The van der Waals surface area contributed by atoms with E-state index in [2.05, 4.69) is 0 Å². The number of hydrogen-bond acceptors (Lipinski definition) is 10. The number of rotatable bonds is 14. The fourth-order valence-electron chi connectivity index (χ4n) is 6.37. The molecular weight excluding hydrogens is 604 g/mol. The molecule has 4 unspecified atom stereocenters. The predicted molar refractivity (Wildman–Crippen MR) is 167 cm³/mol. The number of benzene rings is 3. The van der Waals surface area contributed by atoms with Gasteiger partial charge in [0.25, 0.3) is 0 Å². The Labute approximate surface area is 271 Å². The fraction of sp³-hybridized carbons (Fsp3) is 0.324. The summed E-state index contributed by atoms with van der Waals surface area (Å²) in [5.41, 5.74) is 2.86. The molecular formula is C37H34O10. The monoisotopic (exact) mass is 638 g/mol. The third kappa shape index (κ3) is 7.49. The highest BCUT2D eigenvalue weighted by Gasteiger charge is 2.53. The SMILES string of the molecule is O=C1CC(C2CC3C(=O)OC(=O)C3c3cc(OCCCCCCOOc4ccc(/C=C/C(=O)c5ccccc5)cc4)ccc32)C(=O)O1. The molecule has 3 aromatic rings. The maximum Gasteiger partial charge on any atom is 0.321 e. The zero-order valence-corrected chi connectivity index (χ0v) is 25.6. The second-order valence-corrected chi connectivity index (χ2v) is 11.9. The van der Waals surface area contributed by atoms with Gasteiger partial charge in [0.2, 0.25) is 0 Å². The van der Waals surface area contributed by atoms with Crippen LogP contribution in [0.3, 0.4) is 0 Å². The third-order valence-corrected chi connectivity index (χ3v) is 8.76. The molecule has 47 heavy (non-hydrogen) atoms. The van der Waals surface area contributed by atoms with E-state index in [0.29, 0.717) is 35.8 Å². The predicted octanol–water partition coefficient (Wildman–Crippen LogP) is 5.89. The minimum absolute atomic E-state index is 0.0520. The van der Waals surface area contributed by atoms with E-state index in [1.54, 1.807) is 48.6 Å². The van der Waals surface area contributed by atoms with E-state index in [-0.39, 0.29) is 18.6 Å². The Hall–Kier alpha value is -5.09. The van der Waals surface area contributed by atoms with Crippen molar-refractivity contribution < 1.29 is 48.0 Å². The number of allylic oxidation sites excluding steroid dienone is 1. The molecule has 0 amide bonds. The van der Waals surface area contributed by atoms with E-state index in [9.17, 15) is 24.0 Å². The maximum absolute atomic E-state index is 12.6. The number of ketones is 1. The first-order valence-electron chi connectivity index (χ1n) is 15.8. The number of hydrogen-bond donors (Lipinski definition) is 0. The minimum Gasteiger partial charge on any atom is -0.494 e. The number of carbonyl (C=O) groups excluding carboxylic acids is 5. The van der Waals surface area contributed by atoms with E-state index in [4.69, 9.17) is 24.0 Å². The van der Waals surface area contributed by atoms with Crippen molar-refractivity contribution in [3.63, 3.8) is 0 Å². The highest BCUT2D eigenvalue weighted by atomic mass is 17.2. The van der Waals surface area contributed by atoms with Crippen LogP contribution in [-0.4, -0.2) is 42.9 Å². The van der Waals surface area contributed by atoms with Crippen LogP contribution in [0.25, 0.3) is 6.08 Å². The van der Waals surface area contributed by atoms with Gasteiger partial charge in [-0.2, -0.15) is 4.89 Å². The molecule has 2 fully saturated rings. The lowest BCUT2D eigenvalue weighted by Gasteiger charge is -2.33. The number of fused-ring (bicyclic) bond motifs is 3. The topological polar surface area (TPSA) is 132 Å². The molecule has 10 nitrogen and oxygen atoms in total. The molecule has 2 aliphatic heterocycles. The Balaban J connectivity index is 0.911. The summed E-state index contributed by atoms with van der Waals surface area (Å²) in [5.74, 6) is -3.90. The van der Waals surface area contributed by atoms with E-state index in [0.717, 1.165) is 36.8 Å². The Morgan fingerprint density at radius 2 is 1.45 bits per heavy atom. The summed E-state index contributed by atoms with van der Waals surface area (Å²) >= 11 is 0.